The molecule has 2 aromatic rings. The number of nitrogens with one attached hydrogen (secondary N) is 1. The van der Waals surface area contributed by atoms with Crippen LogP contribution in [0, 0.1) is 17.0 Å². The van der Waals surface area contributed by atoms with Crippen LogP contribution in [-0.2, 0) is 7.05 Å². The molecule has 0 fully saturated rings. The van der Waals surface area contributed by atoms with Gasteiger partial charge in [0.05, 0.1) is 12.6 Å². The molecular weight excluding hydrogens is 298 g/mol. The maximum Gasteiger partial charge on any atom is 0.338 e. The number of amides is 1. The molecule has 110 valence electrons. The fraction of sp³-hybridized carbons (Fsp3) is 0.167. The highest BCUT2D eigenvalue weighted by atomic mass is 32.1. The summed E-state index contributed by atoms with van der Waals surface area (Å²) in [5, 5.41) is 22.5. The number of rotatable bonds is 4. The first-order valence-corrected chi connectivity index (χ1v) is 6.58. The Bertz CT molecular complexity index is 746. The zero-order chi connectivity index (χ0) is 15.7. The van der Waals surface area contributed by atoms with Crippen LogP contribution in [0.25, 0.3) is 0 Å². The molecule has 0 aliphatic heterocycles. The Balaban J connectivity index is 2.31. The molecule has 21 heavy (non-hydrogen) atoms. The van der Waals surface area contributed by atoms with Gasteiger partial charge in [0.25, 0.3) is 5.91 Å². The smallest absolute Gasteiger partial charge is 0.338 e. The Morgan fingerprint density at radius 2 is 2.10 bits per heavy atom. The van der Waals surface area contributed by atoms with Crippen LogP contribution in [0.4, 0.5) is 10.8 Å². The van der Waals surface area contributed by atoms with Crippen LogP contribution in [0.3, 0.4) is 0 Å². The first-order chi connectivity index (χ1) is 9.81. The van der Waals surface area contributed by atoms with Crippen LogP contribution >= 0.6 is 11.3 Å². The largest absolute Gasteiger partial charge is 0.478 e. The average Bonchev–Trinajstić information content (AvgIpc) is 2.92. The molecular formula is C12H11N3O5S. The van der Waals surface area contributed by atoms with Crippen LogP contribution < -0.4 is 5.32 Å². The van der Waals surface area contributed by atoms with Crippen molar-refractivity contribution in [3.8, 4) is 0 Å². The first-order valence-electron chi connectivity index (χ1n) is 5.76. The van der Waals surface area contributed by atoms with Gasteiger partial charge < -0.3 is 20.5 Å². The van der Waals surface area contributed by atoms with E-state index >= 15 is 0 Å². The van der Waals surface area contributed by atoms with Gasteiger partial charge in [-0.2, -0.15) is 0 Å². The Hall–Kier alpha value is -2.68. The number of carboxylic acids is 1. The Morgan fingerprint density at radius 3 is 2.62 bits per heavy atom. The number of aryl methyl sites for hydroxylation is 1. The molecule has 9 heteroatoms. The Labute approximate surface area is 122 Å². The summed E-state index contributed by atoms with van der Waals surface area (Å²) in [6, 6.07) is 3.98. The Morgan fingerprint density at radius 1 is 1.43 bits per heavy atom. The van der Waals surface area contributed by atoms with Gasteiger partial charge in [0.2, 0.25) is 0 Å². The maximum atomic E-state index is 12.1. The van der Waals surface area contributed by atoms with Crippen molar-refractivity contribution in [2.45, 2.75) is 6.92 Å². The van der Waals surface area contributed by atoms with E-state index in [4.69, 9.17) is 5.11 Å². The van der Waals surface area contributed by atoms with Gasteiger partial charge in [-0.05, 0) is 24.0 Å². The molecule has 0 saturated carbocycles. The molecule has 2 rings (SSSR count). The minimum absolute atomic E-state index is 0.00504. The highest BCUT2D eigenvalue weighted by Gasteiger charge is 2.23. The number of hydrogen-bond acceptors (Lipinski definition) is 5. The van der Waals surface area contributed by atoms with Crippen molar-refractivity contribution in [3.63, 3.8) is 0 Å². The van der Waals surface area contributed by atoms with Crippen molar-refractivity contribution in [2.24, 2.45) is 7.05 Å². The fourth-order valence-corrected chi connectivity index (χ4v) is 2.74. The van der Waals surface area contributed by atoms with E-state index in [0.717, 1.165) is 20.8 Å². The van der Waals surface area contributed by atoms with Gasteiger partial charge in [0.1, 0.15) is 5.00 Å². The van der Waals surface area contributed by atoms with Gasteiger partial charge in [-0.15, -0.1) is 11.3 Å². The third-order valence-corrected chi connectivity index (χ3v) is 3.79. The van der Waals surface area contributed by atoms with E-state index in [1.54, 1.807) is 6.92 Å². The van der Waals surface area contributed by atoms with Crippen molar-refractivity contribution in [3.05, 3.63) is 44.4 Å². The van der Waals surface area contributed by atoms with Crippen LogP contribution in [0.15, 0.2) is 18.2 Å². The predicted octanol–water partition coefficient (Wildman–Crippen LogP) is 2.25. The molecule has 0 spiro atoms. The standard InChI is InChI=1S/C12H11N3O5S/c1-6-5-7(12(17)18)11(21-6)13-10(16)8-3-4-9(14(8)2)15(19)20/h3-5H,1-2H3,(H,13,16)(H,17,18). The van der Waals surface area contributed by atoms with Crippen LogP contribution in [0.2, 0.25) is 0 Å². The molecule has 2 heterocycles. The van der Waals surface area contributed by atoms with E-state index in [1.165, 1.54) is 25.2 Å². The molecule has 2 aromatic heterocycles. The number of aromatic carboxylic acids is 1. The zero-order valence-electron chi connectivity index (χ0n) is 11.1. The lowest BCUT2D eigenvalue weighted by Gasteiger charge is -2.03. The molecule has 0 aliphatic rings. The summed E-state index contributed by atoms with van der Waals surface area (Å²) in [6.07, 6.45) is 0. The summed E-state index contributed by atoms with van der Waals surface area (Å²) in [5.41, 5.74) is 0.0682. The normalized spacial score (nSPS) is 10.4. The molecule has 0 aromatic carbocycles. The molecule has 0 atom stereocenters. The maximum absolute atomic E-state index is 12.1. The van der Waals surface area contributed by atoms with Gasteiger partial charge >= 0.3 is 11.8 Å². The second kappa shape index (κ2) is 5.37. The van der Waals surface area contributed by atoms with Crippen LogP contribution in [0.1, 0.15) is 25.7 Å². The molecule has 0 saturated heterocycles. The second-order valence-corrected chi connectivity index (χ2v) is 5.51. The van der Waals surface area contributed by atoms with Crippen molar-refractivity contribution in [2.75, 3.05) is 5.32 Å². The summed E-state index contributed by atoms with van der Waals surface area (Å²) < 4.78 is 1.14. The average molecular weight is 309 g/mol. The first kappa shape index (κ1) is 14.7. The highest BCUT2D eigenvalue weighted by molar-refractivity contribution is 7.16. The molecule has 0 radical (unpaired) electrons. The number of carboxylic acid groups (broad SMARTS) is 1. The number of carbonyl (C=O) groups is 2. The van der Waals surface area contributed by atoms with Gasteiger partial charge in [0, 0.05) is 10.9 Å². The van der Waals surface area contributed by atoms with Crippen LogP contribution in [0.5, 0.6) is 0 Å². The SMILES string of the molecule is Cc1cc(C(=O)O)c(NC(=O)c2ccc([N+](=O)[O-])n2C)s1. The van der Waals surface area contributed by atoms with Gasteiger partial charge in [-0.3, -0.25) is 4.79 Å². The second-order valence-electron chi connectivity index (χ2n) is 4.25. The summed E-state index contributed by atoms with van der Waals surface area (Å²) in [5.74, 6) is -1.97. The quantitative estimate of drug-likeness (QED) is 0.664. The van der Waals surface area contributed by atoms with Gasteiger partial charge in [0.15, 0.2) is 5.69 Å². The van der Waals surface area contributed by atoms with Crippen molar-refractivity contribution >= 4 is 34.0 Å². The number of nitrogens with zero attached hydrogens (tertiary/aromatic N) is 2. The lowest BCUT2D eigenvalue weighted by molar-refractivity contribution is -0.391. The zero-order valence-corrected chi connectivity index (χ0v) is 11.9. The summed E-state index contributed by atoms with van der Waals surface area (Å²) in [4.78, 5) is 34.1. The number of nitro groups is 1. The summed E-state index contributed by atoms with van der Waals surface area (Å²) in [6.45, 7) is 1.72. The van der Waals surface area contributed by atoms with Crippen molar-refractivity contribution < 1.29 is 19.6 Å². The lowest BCUT2D eigenvalue weighted by atomic mass is 10.3. The number of hydrogen-bond donors (Lipinski definition) is 2. The van der Waals surface area contributed by atoms with Crippen LogP contribution in [-0.4, -0.2) is 26.5 Å². The van der Waals surface area contributed by atoms with Crippen molar-refractivity contribution in [1.82, 2.24) is 4.57 Å². The number of anilines is 1. The minimum Gasteiger partial charge on any atom is -0.478 e. The van der Waals surface area contributed by atoms with E-state index in [-0.39, 0.29) is 22.1 Å². The molecule has 1 amide bonds. The van der Waals surface area contributed by atoms with E-state index in [2.05, 4.69) is 5.32 Å². The number of thiophene rings is 1. The molecule has 0 aliphatic carbocycles. The third-order valence-electron chi connectivity index (χ3n) is 2.83. The van der Waals surface area contributed by atoms with E-state index < -0.39 is 16.8 Å². The molecule has 8 nitrogen and oxygen atoms in total. The highest BCUT2D eigenvalue weighted by Crippen LogP contribution is 2.28. The van der Waals surface area contributed by atoms with Crippen molar-refractivity contribution in [1.29, 1.82) is 0 Å². The van der Waals surface area contributed by atoms with E-state index in [1.807, 2.05) is 0 Å². The molecule has 2 N–H and O–H groups in total. The van der Waals surface area contributed by atoms with Gasteiger partial charge in [-0.1, -0.05) is 0 Å². The molecule has 0 unspecified atom stereocenters. The number of carbonyl (C=O) groups excluding carboxylic acids is 1. The molecule has 0 bridgehead atoms. The topological polar surface area (TPSA) is 114 Å². The monoisotopic (exact) mass is 309 g/mol. The Kier molecular flexibility index (Phi) is 3.76. The minimum atomic E-state index is -1.15. The predicted molar refractivity (Wildman–Crippen MR) is 76.0 cm³/mol. The third kappa shape index (κ3) is 2.77. The lowest BCUT2D eigenvalue weighted by Crippen LogP contribution is -2.17. The summed E-state index contributed by atoms with van der Waals surface area (Å²) in [7, 11) is 1.39. The van der Waals surface area contributed by atoms with Gasteiger partial charge in [-0.25, -0.2) is 9.36 Å². The van der Waals surface area contributed by atoms with E-state index in [9.17, 15) is 19.7 Å². The van der Waals surface area contributed by atoms with E-state index in [0.29, 0.717) is 0 Å². The summed E-state index contributed by atoms with van der Waals surface area (Å²) >= 11 is 1.13. The number of aromatic nitrogens is 1. The fourth-order valence-electron chi connectivity index (χ4n) is 1.84.